The van der Waals surface area contributed by atoms with E-state index in [1.807, 2.05) is 18.2 Å². The van der Waals surface area contributed by atoms with Crippen LogP contribution in [0.4, 0.5) is 0 Å². The third-order valence-corrected chi connectivity index (χ3v) is 5.27. The SMILES string of the molecule is N#Cc1ccnc(C(=O)NC2CCC3NNC(c4ccncc4)C3C2)c1. The van der Waals surface area contributed by atoms with E-state index in [4.69, 9.17) is 5.26 Å². The number of nitrogens with zero attached hydrogens (tertiary/aromatic N) is 3. The summed E-state index contributed by atoms with van der Waals surface area (Å²) in [4.78, 5) is 20.7. The predicted octanol–water partition coefficient (Wildman–Crippen LogP) is 1.46. The van der Waals surface area contributed by atoms with E-state index in [0.29, 0.717) is 23.2 Å². The first-order valence-electron chi connectivity index (χ1n) is 8.82. The van der Waals surface area contributed by atoms with E-state index in [1.165, 1.54) is 17.8 Å². The van der Waals surface area contributed by atoms with Crippen molar-refractivity contribution in [1.82, 2.24) is 26.1 Å². The molecule has 7 nitrogen and oxygen atoms in total. The molecule has 4 rings (SSSR count). The second-order valence-corrected chi connectivity index (χ2v) is 6.84. The van der Waals surface area contributed by atoms with E-state index < -0.39 is 0 Å². The summed E-state index contributed by atoms with van der Waals surface area (Å²) in [6, 6.07) is 9.93. The van der Waals surface area contributed by atoms with Crippen LogP contribution in [0.3, 0.4) is 0 Å². The van der Waals surface area contributed by atoms with E-state index >= 15 is 0 Å². The molecule has 4 atom stereocenters. The highest BCUT2D eigenvalue weighted by Gasteiger charge is 2.41. The van der Waals surface area contributed by atoms with Gasteiger partial charge in [-0.2, -0.15) is 5.26 Å². The van der Waals surface area contributed by atoms with Gasteiger partial charge in [0.2, 0.25) is 0 Å². The van der Waals surface area contributed by atoms with E-state index in [0.717, 1.165) is 19.3 Å². The molecular weight excluding hydrogens is 328 g/mol. The largest absolute Gasteiger partial charge is 0.348 e. The summed E-state index contributed by atoms with van der Waals surface area (Å²) in [5.74, 6) is 0.180. The molecule has 1 saturated carbocycles. The van der Waals surface area contributed by atoms with E-state index in [-0.39, 0.29) is 18.0 Å². The van der Waals surface area contributed by atoms with Crippen molar-refractivity contribution < 1.29 is 4.79 Å². The molecule has 3 N–H and O–H groups in total. The maximum atomic E-state index is 12.5. The molecule has 4 unspecified atom stereocenters. The van der Waals surface area contributed by atoms with Gasteiger partial charge in [0.1, 0.15) is 5.69 Å². The monoisotopic (exact) mass is 348 g/mol. The smallest absolute Gasteiger partial charge is 0.270 e. The van der Waals surface area contributed by atoms with Gasteiger partial charge in [-0.15, -0.1) is 0 Å². The van der Waals surface area contributed by atoms with Gasteiger partial charge in [0.15, 0.2) is 0 Å². The number of hydrogen-bond donors (Lipinski definition) is 3. The molecule has 0 aromatic carbocycles. The number of aromatic nitrogens is 2. The molecule has 2 aromatic heterocycles. The Morgan fingerprint density at radius 3 is 2.85 bits per heavy atom. The van der Waals surface area contributed by atoms with Gasteiger partial charge >= 0.3 is 0 Å². The van der Waals surface area contributed by atoms with E-state index in [9.17, 15) is 4.79 Å². The number of pyridine rings is 2. The van der Waals surface area contributed by atoms with Crippen LogP contribution in [0, 0.1) is 17.2 Å². The summed E-state index contributed by atoms with van der Waals surface area (Å²) in [7, 11) is 0. The summed E-state index contributed by atoms with van der Waals surface area (Å²) in [6.45, 7) is 0. The molecule has 2 aliphatic rings. The fourth-order valence-corrected chi connectivity index (χ4v) is 3.97. The lowest BCUT2D eigenvalue weighted by molar-refractivity contribution is 0.0910. The molecule has 1 saturated heterocycles. The van der Waals surface area contributed by atoms with Gasteiger partial charge < -0.3 is 5.32 Å². The van der Waals surface area contributed by atoms with Crippen LogP contribution >= 0.6 is 0 Å². The zero-order valence-electron chi connectivity index (χ0n) is 14.2. The highest BCUT2D eigenvalue weighted by Crippen LogP contribution is 2.37. The first-order chi connectivity index (χ1) is 12.7. The summed E-state index contributed by atoms with van der Waals surface area (Å²) in [5.41, 5.74) is 8.73. The fraction of sp³-hybridized carbons (Fsp3) is 0.368. The average Bonchev–Trinajstić information content (AvgIpc) is 3.12. The maximum absolute atomic E-state index is 12.5. The van der Waals surface area contributed by atoms with Gasteiger partial charge in [-0.05, 0) is 55.0 Å². The van der Waals surface area contributed by atoms with Crippen LogP contribution in [0.2, 0.25) is 0 Å². The quantitative estimate of drug-likeness (QED) is 0.776. The Bertz CT molecular complexity index is 833. The minimum atomic E-state index is -0.218. The first-order valence-corrected chi connectivity index (χ1v) is 8.82. The fourth-order valence-electron chi connectivity index (χ4n) is 3.97. The van der Waals surface area contributed by atoms with Crippen LogP contribution in [0.25, 0.3) is 0 Å². The van der Waals surface area contributed by atoms with Crippen molar-refractivity contribution in [2.24, 2.45) is 5.92 Å². The van der Waals surface area contributed by atoms with Gasteiger partial charge in [0, 0.05) is 30.7 Å². The van der Waals surface area contributed by atoms with Gasteiger partial charge in [-0.25, -0.2) is 5.43 Å². The Hall–Kier alpha value is -2.82. The van der Waals surface area contributed by atoms with E-state index in [1.54, 1.807) is 18.5 Å². The molecule has 1 aliphatic heterocycles. The number of hydrazine groups is 1. The zero-order valence-corrected chi connectivity index (χ0v) is 14.2. The van der Waals surface area contributed by atoms with Crippen LogP contribution < -0.4 is 16.2 Å². The molecule has 3 heterocycles. The van der Waals surface area contributed by atoms with Crippen LogP contribution in [0.15, 0.2) is 42.9 Å². The molecule has 132 valence electrons. The third-order valence-electron chi connectivity index (χ3n) is 5.27. The second-order valence-electron chi connectivity index (χ2n) is 6.84. The van der Waals surface area contributed by atoms with Gasteiger partial charge in [0.05, 0.1) is 17.7 Å². The number of hydrogen-bond acceptors (Lipinski definition) is 6. The van der Waals surface area contributed by atoms with Crippen LogP contribution in [-0.4, -0.2) is 28.0 Å². The Labute approximate surface area is 151 Å². The molecule has 2 fully saturated rings. The van der Waals surface area contributed by atoms with Crippen LogP contribution in [-0.2, 0) is 0 Å². The minimum absolute atomic E-state index is 0.0994. The summed E-state index contributed by atoms with van der Waals surface area (Å²) in [5, 5.41) is 12.1. The van der Waals surface area contributed by atoms with Crippen molar-refractivity contribution in [1.29, 1.82) is 5.26 Å². The predicted molar refractivity (Wildman–Crippen MR) is 94.6 cm³/mol. The molecule has 26 heavy (non-hydrogen) atoms. The summed E-state index contributed by atoms with van der Waals surface area (Å²) in [6.07, 6.45) is 7.91. The summed E-state index contributed by atoms with van der Waals surface area (Å²) < 4.78 is 0. The van der Waals surface area contributed by atoms with Crippen LogP contribution in [0.1, 0.15) is 46.9 Å². The van der Waals surface area contributed by atoms with Crippen LogP contribution in [0.5, 0.6) is 0 Å². The molecule has 0 spiro atoms. The molecule has 0 bridgehead atoms. The van der Waals surface area contributed by atoms with Crippen molar-refractivity contribution in [2.45, 2.75) is 37.4 Å². The lowest BCUT2D eigenvalue weighted by Crippen LogP contribution is -2.44. The number of carbonyl (C=O) groups excluding carboxylic acids is 1. The zero-order chi connectivity index (χ0) is 17.9. The number of rotatable bonds is 3. The minimum Gasteiger partial charge on any atom is -0.348 e. The number of nitriles is 1. The highest BCUT2D eigenvalue weighted by atomic mass is 16.1. The number of fused-ring (bicyclic) bond motifs is 1. The van der Waals surface area contributed by atoms with Gasteiger partial charge in [-0.3, -0.25) is 20.2 Å². The number of amides is 1. The van der Waals surface area contributed by atoms with E-state index in [2.05, 4.69) is 26.1 Å². The Morgan fingerprint density at radius 1 is 1.19 bits per heavy atom. The maximum Gasteiger partial charge on any atom is 0.270 e. The number of carbonyl (C=O) groups is 1. The lowest BCUT2D eigenvalue weighted by atomic mass is 9.77. The highest BCUT2D eigenvalue weighted by molar-refractivity contribution is 5.92. The molecule has 1 amide bonds. The van der Waals surface area contributed by atoms with Crippen molar-refractivity contribution in [2.75, 3.05) is 0 Å². The normalized spacial score (nSPS) is 27.3. The standard InChI is InChI=1S/C19H20N6O/c20-11-12-3-8-22-17(9-12)19(26)23-14-1-2-16-15(10-14)18(25-24-16)13-4-6-21-7-5-13/h3-9,14-16,18,24-25H,1-2,10H2,(H,23,26). The van der Waals surface area contributed by atoms with Crippen molar-refractivity contribution >= 4 is 5.91 Å². The van der Waals surface area contributed by atoms with Crippen molar-refractivity contribution in [3.05, 3.63) is 59.7 Å². The topological polar surface area (TPSA) is 103 Å². The molecule has 7 heteroatoms. The molecule has 1 aliphatic carbocycles. The first kappa shape index (κ1) is 16.6. The van der Waals surface area contributed by atoms with Gasteiger partial charge in [-0.1, -0.05) is 0 Å². The Kier molecular flexibility index (Phi) is 4.61. The number of nitrogens with one attached hydrogen (secondary N) is 3. The average molecular weight is 348 g/mol. The molecular formula is C19H20N6O. The second kappa shape index (κ2) is 7.20. The third kappa shape index (κ3) is 3.29. The lowest BCUT2D eigenvalue weighted by Gasteiger charge is -2.33. The Morgan fingerprint density at radius 2 is 2.04 bits per heavy atom. The molecule has 2 aromatic rings. The summed E-state index contributed by atoms with van der Waals surface area (Å²) >= 11 is 0. The van der Waals surface area contributed by atoms with Gasteiger partial charge in [0.25, 0.3) is 5.91 Å². The van der Waals surface area contributed by atoms with Crippen molar-refractivity contribution in [3.63, 3.8) is 0 Å². The van der Waals surface area contributed by atoms with Crippen molar-refractivity contribution in [3.8, 4) is 6.07 Å². The Balaban J connectivity index is 1.44. The molecule has 0 radical (unpaired) electrons.